The van der Waals surface area contributed by atoms with Crippen LogP contribution in [-0.2, 0) is 32.0 Å². The molecule has 8 N–H and O–H groups in total. The zero-order chi connectivity index (χ0) is 27.5. The van der Waals surface area contributed by atoms with E-state index in [1.54, 1.807) is 6.92 Å². The zero-order valence-electron chi connectivity index (χ0n) is 21.7. The largest absolute Gasteiger partial charge is 0.480 e. The maximum absolute atomic E-state index is 13.4. The second-order valence-electron chi connectivity index (χ2n) is 9.63. The molecule has 0 radical (unpaired) electrons. The number of carbonyl (C=O) groups is 4. The lowest BCUT2D eigenvalue weighted by Crippen LogP contribution is -2.58. The normalized spacial score (nSPS) is 15.3. The summed E-state index contributed by atoms with van der Waals surface area (Å²) in [5.41, 5.74) is 7.16. The predicted octanol–water partition coefficient (Wildman–Crippen LogP) is -0.123. The maximum Gasteiger partial charge on any atom is 0.326 e. The summed E-state index contributed by atoms with van der Waals surface area (Å²) in [5.74, 6) is -3.12. The van der Waals surface area contributed by atoms with Crippen LogP contribution in [0.2, 0.25) is 0 Å². The minimum absolute atomic E-state index is 0.0298. The Morgan fingerprint density at radius 1 is 0.892 bits per heavy atom. The molecule has 5 atom stereocenters. The van der Waals surface area contributed by atoms with Crippen molar-refractivity contribution in [1.29, 1.82) is 0 Å². The average Bonchev–Trinajstić information content (AvgIpc) is 3.54. The molecule has 5 unspecified atom stereocenters. The lowest BCUT2D eigenvalue weighted by atomic mass is 9.98. The molecular weight excluding hydrogens is 480 g/mol. The molecule has 204 valence electrons. The number of hydrogen-bond acceptors (Lipinski definition) is 7. The Morgan fingerprint density at radius 2 is 1.38 bits per heavy atom. The predicted molar refractivity (Wildman–Crippen MR) is 135 cm³/mol. The van der Waals surface area contributed by atoms with Gasteiger partial charge in [0.25, 0.3) is 0 Å². The molecule has 2 aromatic rings. The molecule has 0 saturated carbocycles. The number of carboxylic acid groups (broad SMARTS) is 1. The number of carbonyl (C=O) groups excluding carboxylic acids is 3. The van der Waals surface area contributed by atoms with Crippen molar-refractivity contribution in [3.8, 4) is 0 Å². The summed E-state index contributed by atoms with van der Waals surface area (Å²) in [5, 5.41) is 17.5. The lowest BCUT2D eigenvalue weighted by Gasteiger charge is -2.26. The van der Waals surface area contributed by atoms with Gasteiger partial charge in [-0.1, -0.05) is 34.1 Å². The van der Waals surface area contributed by atoms with Gasteiger partial charge in [0.2, 0.25) is 17.7 Å². The number of carboxylic acids is 1. The highest BCUT2D eigenvalue weighted by Crippen LogP contribution is 2.10. The third-order valence-corrected chi connectivity index (χ3v) is 6.06. The summed E-state index contributed by atoms with van der Waals surface area (Å²) in [6.07, 6.45) is 6.99. The van der Waals surface area contributed by atoms with Gasteiger partial charge in [-0.05, 0) is 18.3 Å². The van der Waals surface area contributed by atoms with Gasteiger partial charge >= 0.3 is 5.97 Å². The number of H-pyrrole nitrogens is 2. The molecule has 37 heavy (non-hydrogen) atoms. The van der Waals surface area contributed by atoms with Crippen LogP contribution in [0.5, 0.6) is 0 Å². The smallest absolute Gasteiger partial charge is 0.326 e. The molecule has 2 aromatic heterocycles. The second kappa shape index (κ2) is 14.1. The van der Waals surface area contributed by atoms with Gasteiger partial charge in [0, 0.05) is 36.6 Å². The van der Waals surface area contributed by atoms with Gasteiger partial charge < -0.3 is 36.8 Å². The van der Waals surface area contributed by atoms with E-state index in [1.807, 2.05) is 20.8 Å². The van der Waals surface area contributed by atoms with Gasteiger partial charge in [0.1, 0.15) is 18.1 Å². The summed E-state index contributed by atoms with van der Waals surface area (Å²) in [6.45, 7) is 7.41. The van der Waals surface area contributed by atoms with Crippen molar-refractivity contribution in [3.63, 3.8) is 0 Å². The topological polar surface area (TPSA) is 208 Å². The van der Waals surface area contributed by atoms with Crippen LogP contribution in [0, 0.1) is 11.8 Å². The summed E-state index contributed by atoms with van der Waals surface area (Å²) >= 11 is 0. The van der Waals surface area contributed by atoms with Gasteiger partial charge in [0.15, 0.2) is 0 Å². The molecule has 0 bridgehead atoms. The van der Waals surface area contributed by atoms with Crippen molar-refractivity contribution in [1.82, 2.24) is 35.9 Å². The highest BCUT2D eigenvalue weighted by Gasteiger charge is 2.32. The fourth-order valence-corrected chi connectivity index (χ4v) is 3.75. The first-order chi connectivity index (χ1) is 17.5. The molecular formula is C24H38N8O5. The highest BCUT2D eigenvalue weighted by molar-refractivity contribution is 5.94. The SMILES string of the molecule is CCC(C)C(NC(=O)C(Cc1cnc[nH]1)NC(=O)C(Cc1cnc[nH]1)NC(=O)C(N)CC(C)C)C(=O)O. The first kappa shape index (κ1) is 29.5. The van der Waals surface area contributed by atoms with Crippen molar-refractivity contribution in [2.75, 3.05) is 0 Å². The summed E-state index contributed by atoms with van der Waals surface area (Å²) in [6, 6.07) is -4.14. The number of nitrogens with two attached hydrogens (primary N) is 1. The van der Waals surface area contributed by atoms with Crippen LogP contribution in [0.15, 0.2) is 25.0 Å². The molecule has 13 nitrogen and oxygen atoms in total. The first-order valence-electron chi connectivity index (χ1n) is 12.4. The van der Waals surface area contributed by atoms with Crippen LogP contribution < -0.4 is 21.7 Å². The zero-order valence-corrected chi connectivity index (χ0v) is 21.7. The number of rotatable bonds is 15. The number of imidazole rings is 2. The molecule has 0 spiro atoms. The first-order valence-corrected chi connectivity index (χ1v) is 12.4. The van der Waals surface area contributed by atoms with E-state index in [0.717, 1.165) is 0 Å². The molecule has 2 rings (SSSR count). The summed E-state index contributed by atoms with van der Waals surface area (Å²) in [7, 11) is 0. The molecule has 0 aliphatic heterocycles. The molecule has 0 aliphatic rings. The molecule has 0 aliphatic carbocycles. The van der Waals surface area contributed by atoms with Crippen LogP contribution in [0.3, 0.4) is 0 Å². The van der Waals surface area contributed by atoms with Crippen LogP contribution in [0.1, 0.15) is 51.9 Å². The Hall–Kier alpha value is -3.74. The summed E-state index contributed by atoms with van der Waals surface area (Å²) in [4.78, 5) is 64.7. The Kier molecular flexibility index (Phi) is 11.2. The molecule has 0 aromatic carbocycles. The van der Waals surface area contributed by atoms with Crippen molar-refractivity contribution >= 4 is 23.7 Å². The minimum atomic E-state index is -1.17. The number of aromatic amines is 2. The fraction of sp³-hybridized carbons (Fsp3) is 0.583. The molecule has 3 amide bonds. The Labute approximate surface area is 215 Å². The number of nitrogens with one attached hydrogen (secondary N) is 5. The van der Waals surface area contributed by atoms with Crippen molar-refractivity contribution in [2.24, 2.45) is 17.6 Å². The Morgan fingerprint density at radius 3 is 1.78 bits per heavy atom. The highest BCUT2D eigenvalue weighted by atomic mass is 16.4. The van der Waals surface area contributed by atoms with Gasteiger partial charge in [-0.3, -0.25) is 14.4 Å². The maximum atomic E-state index is 13.4. The van der Waals surface area contributed by atoms with Crippen LogP contribution >= 0.6 is 0 Å². The van der Waals surface area contributed by atoms with E-state index in [0.29, 0.717) is 24.2 Å². The number of hydrogen-bond donors (Lipinski definition) is 7. The van der Waals surface area contributed by atoms with Crippen molar-refractivity contribution in [2.45, 2.75) is 77.5 Å². The molecule has 13 heteroatoms. The third kappa shape index (κ3) is 9.33. The Bertz CT molecular complexity index is 1010. The van der Waals surface area contributed by atoms with E-state index in [9.17, 15) is 24.3 Å². The van der Waals surface area contributed by atoms with Crippen LogP contribution in [0.4, 0.5) is 0 Å². The van der Waals surface area contributed by atoms with Gasteiger partial charge in [-0.2, -0.15) is 0 Å². The van der Waals surface area contributed by atoms with Gasteiger partial charge in [0.05, 0.1) is 18.7 Å². The number of aromatic nitrogens is 4. The molecule has 0 fully saturated rings. The monoisotopic (exact) mass is 518 g/mol. The van der Waals surface area contributed by atoms with Crippen molar-refractivity contribution in [3.05, 3.63) is 36.4 Å². The minimum Gasteiger partial charge on any atom is -0.480 e. The second-order valence-corrected chi connectivity index (χ2v) is 9.63. The van der Waals surface area contributed by atoms with Gasteiger partial charge in [-0.15, -0.1) is 0 Å². The van der Waals surface area contributed by atoms with E-state index in [2.05, 4.69) is 35.9 Å². The summed E-state index contributed by atoms with van der Waals surface area (Å²) < 4.78 is 0. The van der Waals surface area contributed by atoms with Crippen LogP contribution in [0.25, 0.3) is 0 Å². The van der Waals surface area contributed by atoms with E-state index < -0.39 is 47.9 Å². The van der Waals surface area contributed by atoms with E-state index in [-0.39, 0.29) is 24.7 Å². The Balaban J connectivity index is 2.25. The molecule has 0 saturated heterocycles. The number of amides is 3. The fourth-order valence-electron chi connectivity index (χ4n) is 3.75. The van der Waals surface area contributed by atoms with E-state index in [1.165, 1.54) is 25.0 Å². The van der Waals surface area contributed by atoms with Crippen LogP contribution in [-0.4, -0.2) is 72.9 Å². The number of aliphatic carboxylic acids is 1. The molecule has 2 heterocycles. The van der Waals surface area contributed by atoms with E-state index >= 15 is 0 Å². The third-order valence-electron chi connectivity index (χ3n) is 6.06. The van der Waals surface area contributed by atoms with Gasteiger partial charge in [-0.25, -0.2) is 14.8 Å². The lowest BCUT2D eigenvalue weighted by molar-refractivity contribution is -0.143. The quantitative estimate of drug-likeness (QED) is 0.169. The number of nitrogens with zero attached hydrogens (tertiary/aromatic N) is 2. The average molecular weight is 519 g/mol. The standard InChI is InChI=1S/C24H38N8O5/c1-5-14(4)20(24(36)37)32-23(35)19(8-16-10-27-12-29-16)31-22(34)18(7-15-9-26-11-28-15)30-21(33)17(25)6-13(2)3/h9-14,17-20H,5-8,25H2,1-4H3,(H,26,28)(H,27,29)(H,30,33)(H,31,34)(H,32,35)(H,36,37). The van der Waals surface area contributed by atoms with Crippen molar-refractivity contribution < 1.29 is 24.3 Å². The van der Waals surface area contributed by atoms with E-state index in [4.69, 9.17) is 5.73 Å².